The SMILES string of the molecule is CN(C(=O)Nc1ccccc1)C(CN)C1CC1. The minimum Gasteiger partial charge on any atom is -0.328 e. The highest BCUT2D eigenvalue weighted by Gasteiger charge is 2.34. The molecule has 1 saturated carbocycles. The number of para-hydroxylation sites is 1. The van der Waals surface area contributed by atoms with Gasteiger partial charge in [0, 0.05) is 25.3 Å². The predicted octanol–water partition coefficient (Wildman–Crippen LogP) is 1.89. The van der Waals surface area contributed by atoms with E-state index >= 15 is 0 Å². The lowest BCUT2D eigenvalue weighted by Gasteiger charge is -2.27. The van der Waals surface area contributed by atoms with Crippen molar-refractivity contribution in [2.24, 2.45) is 11.7 Å². The van der Waals surface area contributed by atoms with Crippen molar-refractivity contribution >= 4 is 11.7 Å². The number of urea groups is 1. The Morgan fingerprint density at radius 3 is 2.65 bits per heavy atom. The molecule has 1 unspecified atom stereocenters. The Morgan fingerprint density at radius 2 is 2.12 bits per heavy atom. The number of hydrogen-bond donors (Lipinski definition) is 2. The summed E-state index contributed by atoms with van der Waals surface area (Å²) in [6, 6.07) is 9.55. The van der Waals surface area contributed by atoms with Crippen LogP contribution in [0.1, 0.15) is 12.8 Å². The zero-order chi connectivity index (χ0) is 12.3. The molecule has 1 atom stereocenters. The number of benzene rings is 1. The van der Waals surface area contributed by atoms with Crippen molar-refractivity contribution < 1.29 is 4.79 Å². The number of nitrogens with two attached hydrogens (primary N) is 1. The monoisotopic (exact) mass is 233 g/mol. The second kappa shape index (κ2) is 5.19. The van der Waals surface area contributed by atoms with Crippen LogP contribution in [0.4, 0.5) is 10.5 Å². The average Bonchev–Trinajstić information content (AvgIpc) is 3.15. The molecule has 4 nitrogen and oxygen atoms in total. The average molecular weight is 233 g/mol. The van der Waals surface area contributed by atoms with Gasteiger partial charge in [0.1, 0.15) is 0 Å². The molecule has 1 aliphatic carbocycles. The molecule has 1 aliphatic rings. The van der Waals surface area contributed by atoms with E-state index in [0.29, 0.717) is 12.5 Å². The van der Waals surface area contributed by atoms with Crippen LogP contribution in [0, 0.1) is 5.92 Å². The van der Waals surface area contributed by atoms with Crippen LogP contribution in [-0.2, 0) is 0 Å². The Kier molecular flexibility index (Phi) is 3.64. The minimum atomic E-state index is -0.0847. The van der Waals surface area contributed by atoms with Gasteiger partial charge in [0.15, 0.2) is 0 Å². The van der Waals surface area contributed by atoms with E-state index in [2.05, 4.69) is 5.32 Å². The number of hydrogen-bond acceptors (Lipinski definition) is 2. The third-order valence-corrected chi connectivity index (χ3v) is 3.25. The molecule has 0 saturated heterocycles. The molecule has 0 radical (unpaired) electrons. The fraction of sp³-hybridized carbons (Fsp3) is 0.462. The molecule has 17 heavy (non-hydrogen) atoms. The van der Waals surface area contributed by atoms with Crippen molar-refractivity contribution in [1.82, 2.24) is 4.90 Å². The third-order valence-electron chi connectivity index (χ3n) is 3.25. The van der Waals surface area contributed by atoms with Crippen LogP contribution in [0.15, 0.2) is 30.3 Å². The molecule has 0 bridgehead atoms. The number of nitrogens with zero attached hydrogens (tertiary/aromatic N) is 1. The van der Waals surface area contributed by atoms with Gasteiger partial charge in [-0.15, -0.1) is 0 Å². The Morgan fingerprint density at radius 1 is 1.47 bits per heavy atom. The zero-order valence-corrected chi connectivity index (χ0v) is 10.1. The maximum absolute atomic E-state index is 12.0. The lowest BCUT2D eigenvalue weighted by Crippen LogP contribution is -2.45. The van der Waals surface area contributed by atoms with Crippen LogP contribution in [-0.4, -0.2) is 30.6 Å². The number of carbonyl (C=O) groups excluding carboxylic acids is 1. The summed E-state index contributed by atoms with van der Waals surface area (Å²) in [6.07, 6.45) is 2.37. The first-order valence-corrected chi connectivity index (χ1v) is 6.01. The molecule has 1 aromatic rings. The van der Waals surface area contributed by atoms with E-state index in [1.165, 1.54) is 12.8 Å². The Hall–Kier alpha value is -1.55. The van der Waals surface area contributed by atoms with Gasteiger partial charge in [-0.25, -0.2) is 4.79 Å². The Balaban J connectivity index is 1.95. The first-order chi connectivity index (χ1) is 8.22. The normalized spacial score (nSPS) is 16.4. The summed E-state index contributed by atoms with van der Waals surface area (Å²) in [5.74, 6) is 0.589. The lowest BCUT2D eigenvalue weighted by atomic mass is 10.1. The van der Waals surface area contributed by atoms with E-state index in [1.807, 2.05) is 37.4 Å². The molecule has 0 aliphatic heterocycles. The first kappa shape index (κ1) is 11.9. The number of anilines is 1. The molecule has 3 N–H and O–H groups in total. The molecule has 0 heterocycles. The molecule has 4 heteroatoms. The maximum atomic E-state index is 12.0. The highest BCUT2D eigenvalue weighted by Crippen LogP contribution is 2.34. The summed E-state index contributed by atoms with van der Waals surface area (Å²) in [4.78, 5) is 13.7. The predicted molar refractivity (Wildman–Crippen MR) is 68.8 cm³/mol. The summed E-state index contributed by atoms with van der Waals surface area (Å²) in [5, 5.41) is 2.87. The van der Waals surface area contributed by atoms with E-state index in [0.717, 1.165) is 5.69 Å². The third kappa shape index (κ3) is 2.97. The zero-order valence-electron chi connectivity index (χ0n) is 10.1. The van der Waals surface area contributed by atoms with Gasteiger partial charge >= 0.3 is 6.03 Å². The van der Waals surface area contributed by atoms with Crippen molar-refractivity contribution in [2.45, 2.75) is 18.9 Å². The van der Waals surface area contributed by atoms with Gasteiger partial charge in [-0.05, 0) is 30.9 Å². The highest BCUT2D eigenvalue weighted by atomic mass is 16.2. The van der Waals surface area contributed by atoms with Gasteiger partial charge in [0.05, 0.1) is 0 Å². The summed E-state index contributed by atoms with van der Waals surface area (Å²) in [6.45, 7) is 0.531. The largest absolute Gasteiger partial charge is 0.328 e. The minimum absolute atomic E-state index is 0.0847. The van der Waals surface area contributed by atoms with Gasteiger partial charge in [0.2, 0.25) is 0 Å². The van der Waals surface area contributed by atoms with Crippen molar-refractivity contribution in [3.8, 4) is 0 Å². The smallest absolute Gasteiger partial charge is 0.321 e. The van der Waals surface area contributed by atoms with E-state index in [9.17, 15) is 4.79 Å². The molecule has 0 aromatic heterocycles. The quantitative estimate of drug-likeness (QED) is 0.834. The van der Waals surface area contributed by atoms with Gasteiger partial charge in [0.25, 0.3) is 0 Å². The van der Waals surface area contributed by atoms with Gasteiger partial charge in [-0.1, -0.05) is 18.2 Å². The topological polar surface area (TPSA) is 58.4 Å². The molecule has 1 aromatic carbocycles. The van der Waals surface area contributed by atoms with E-state index in [1.54, 1.807) is 4.90 Å². The second-order valence-electron chi connectivity index (χ2n) is 4.55. The van der Waals surface area contributed by atoms with E-state index in [4.69, 9.17) is 5.73 Å². The van der Waals surface area contributed by atoms with Gasteiger partial charge in [-0.2, -0.15) is 0 Å². The van der Waals surface area contributed by atoms with Crippen LogP contribution < -0.4 is 11.1 Å². The standard InChI is InChI=1S/C13H19N3O/c1-16(12(9-14)10-7-8-10)13(17)15-11-5-3-2-4-6-11/h2-6,10,12H,7-9,14H2,1H3,(H,15,17). The van der Waals surface area contributed by atoms with E-state index < -0.39 is 0 Å². The van der Waals surface area contributed by atoms with Gasteiger partial charge in [-0.3, -0.25) is 0 Å². The second-order valence-corrected chi connectivity index (χ2v) is 4.55. The van der Waals surface area contributed by atoms with E-state index in [-0.39, 0.29) is 12.1 Å². The van der Waals surface area contributed by atoms with Crippen molar-refractivity contribution in [2.75, 3.05) is 18.9 Å². The van der Waals surface area contributed by atoms with Gasteiger partial charge < -0.3 is 16.0 Å². The molecule has 2 amide bonds. The summed E-state index contributed by atoms with van der Waals surface area (Å²) in [7, 11) is 1.81. The van der Waals surface area contributed by atoms with Crippen LogP contribution in [0.2, 0.25) is 0 Å². The number of carbonyl (C=O) groups is 1. The molecule has 92 valence electrons. The summed E-state index contributed by atoms with van der Waals surface area (Å²) in [5.41, 5.74) is 6.54. The molecule has 2 rings (SSSR count). The van der Waals surface area contributed by atoms with Crippen LogP contribution in [0.25, 0.3) is 0 Å². The van der Waals surface area contributed by atoms with Crippen molar-refractivity contribution in [3.05, 3.63) is 30.3 Å². The van der Waals surface area contributed by atoms with Crippen molar-refractivity contribution in [3.63, 3.8) is 0 Å². The Labute approximate surface area is 102 Å². The maximum Gasteiger partial charge on any atom is 0.321 e. The number of rotatable bonds is 4. The number of likely N-dealkylation sites (N-methyl/N-ethyl adjacent to an activating group) is 1. The fourth-order valence-electron chi connectivity index (χ4n) is 2.03. The highest BCUT2D eigenvalue weighted by molar-refractivity contribution is 5.89. The summed E-state index contributed by atoms with van der Waals surface area (Å²) < 4.78 is 0. The van der Waals surface area contributed by atoms with Crippen LogP contribution >= 0.6 is 0 Å². The summed E-state index contributed by atoms with van der Waals surface area (Å²) >= 11 is 0. The molecular formula is C13H19N3O. The van der Waals surface area contributed by atoms with Crippen LogP contribution in [0.5, 0.6) is 0 Å². The number of nitrogens with one attached hydrogen (secondary N) is 1. The Bertz CT molecular complexity index is 376. The van der Waals surface area contributed by atoms with Crippen LogP contribution in [0.3, 0.4) is 0 Å². The fourth-order valence-corrected chi connectivity index (χ4v) is 2.03. The lowest BCUT2D eigenvalue weighted by molar-refractivity contribution is 0.198. The van der Waals surface area contributed by atoms with Crippen molar-refractivity contribution in [1.29, 1.82) is 0 Å². The molecule has 0 spiro atoms. The molecular weight excluding hydrogens is 214 g/mol. The molecule has 1 fully saturated rings. The first-order valence-electron chi connectivity index (χ1n) is 6.01. The number of amides is 2.